The lowest BCUT2D eigenvalue weighted by atomic mass is 9.96. The molecular weight excluding hydrogens is 346 g/mol. The maximum atomic E-state index is 13.6. The SMILES string of the molecule is CCC(Oc1ccccc1F)C(=O)N1C[C@@H](C(F)(F)F)[C@H](C(=O)O)C1. The second-order valence-corrected chi connectivity index (χ2v) is 5.78. The highest BCUT2D eigenvalue weighted by atomic mass is 19.4. The molecule has 1 heterocycles. The van der Waals surface area contributed by atoms with Crippen molar-refractivity contribution in [1.82, 2.24) is 4.90 Å². The Kier molecular flexibility index (Phi) is 5.54. The molecule has 3 atom stereocenters. The fraction of sp³-hybridized carbons (Fsp3) is 0.500. The van der Waals surface area contributed by atoms with Gasteiger partial charge in [-0.15, -0.1) is 0 Å². The lowest BCUT2D eigenvalue weighted by Crippen LogP contribution is -2.41. The van der Waals surface area contributed by atoms with E-state index in [2.05, 4.69) is 0 Å². The number of carbonyl (C=O) groups is 2. The largest absolute Gasteiger partial charge is 0.481 e. The van der Waals surface area contributed by atoms with Crippen LogP contribution in [0.3, 0.4) is 0 Å². The van der Waals surface area contributed by atoms with Gasteiger partial charge >= 0.3 is 12.1 Å². The summed E-state index contributed by atoms with van der Waals surface area (Å²) in [7, 11) is 0. The quantitative estimate of drug-likeness (QED) is 0.817. The second kappa shape index (κ2) is 7.28. The highest BCUT2D eigenvalue weighted by molar-refractivity contribution is 5.83. The van der Waals surface area contributed by atoms with Crippen LogP contribution in [-0.4, -0.2) is 47.3 Å². The van der Waals surface area contributed by atoms with Crippen LogP contribution in [-0.2, 0) is 9.59 Å². The molecule has 9 heteroatoms. The zero-order chi connectivity index (χ0) is 18.8. The van der Waals surface area contributed by atoms with E-state index in [0.717, 1.165) is 11.0 Å². The zero-order valence-corrected chi connectivity index (χ0v) is 13.3. The summed E-state index contributed by atoms with van der Waals surface area (Å²) >= 11 is 0. The molecule has 1 unspecified atom stereocenters. The number of alkyl halides is 3. The molecule has 1 amide bonds. The minimum absolute atomic E-state index is 0.0953. The molecule has 0 radical (unpaired) electrons. The van der Waals surface area contributed by atoms with E-state index in [-0.39, 0.29) is 12.2 Å². The summed E-state index contributed by atoms with van der Waals surface area (Å²) in [6.45, 7) is 0.251. The molecule has 1 aromatic carbocycles. The van der Waals surface area contributed by atoms with Gasteiger partial charge in [0.1, 0.15) is 0 Å². The number of carboxylic acids is 1. The van der Waals surface area contributed by atoms with Crippen LogP contribution in [0.25, 0.3) is 0 Å². The molecule has 0 aliphatic carbocycles. The maximum absolute atomic E-state index is 13.6. The van der Waals surface area contributed by atoms with Gasteiger partial charge < -0.3 is 14.7 Å². The number of ether oxygens (including phenoxy) is 1. The molecule has 0 aromatic heterocycles. The number of likely N-dealkylation sites (tertiary alicyclic amines) is 1. The van der Waals surface area contributed by atoms with Crippen molar-refractivity contribution in [2.45, 2.75) is 25.6 Å². The highest BCUT2D eigenvalue weighted by Crippen LogP contribution is 2.38. The van der Waals surface area contributed by atoms with Crippen molar-refractivity contribution in [3.05, 3.63) is 30.1 Å². The average molecular weight is 363 g/mol. The van der Waals surface area contributed by atoms with E-state index in [9.17, 15) is 27.2 Å². The maximum Gasteiger partial charge on any atom is 0.394 e. The van der Waals surface area contributed by atoms with E-state index < -0.39 is 54.9 Å². The molecule has 1 N–H and O–H groups in total. The van der Waals surface area contributed by atoms with Crippen LogP contribution >= 0.6 is 0 Å². The summed E-state index contributed by atoms with van der Waals surface area (Å²) in [5.74, 6) is -7.16. The van der Waals surface area contributed by atoms with Crippen molar-refractivity contribution >= 4 is 11.9 Å². The third-order valence-corrected chi connectivity index (χ3v) is 4.12. The Morgan fingerprint density at radius 3 is 2.44 bits per heavy atom. The number of amides is 1. The van der Waals surface area contributed by atoms with E-state index >= 15 is 0 Å². The van der Waals surface area contributed by atoms with Crippen LogP contribution in [0.15, 0.2) is 24.3 Å². The van der Waals surface area contributed by atoms with Crippen LogP contribution in [0.2, 0.25) is 0 Å². The van der Waals surface area contributed by atoms with Gasteiger partial charge in [-0.2, -0.15) is 13.2 Å². The number of carbonyl (C=O) groups excluding carboxylic acids is 1. The van der Waals surface area contributed by atoms with Gasteiger partial charge in [0, 0.05) is 13.1 Å². The normalized spacial score (nSPS) is 21.9. The van der Waals surface area contributed by atoms with Crippen LogP contribution in [0, 0.1) is 17.7 Å². The number of halogens is 4. The molecule has 5 nitrogen and oxygen atoms in total. The zero-order valence-electron chi connectivity index (χ0n) is 13.3. The number of hydrogen-bond donors (Lipinski definition) is 1. The molecule has 1 aliphatic rings. The predicted octanol–water partition coefficient (Wildman–Crippen LogP) is 2.70. The molecule has 0 spiro atoms. The van der Waals surface area contributed by atoms with Gasteiger partial charge in [-0.3, -0.25) is 9.59 Å². The van der Waals surface area contributed by atoms with Crippen LogP contribution in [0.5, 0.6) is 5.75 Å². The number of para-hydroxylation sites is 1. The fourth-order valence-corrected chi connectivity index (χ4v) is 2.77. The predicted molar refractivity (Wildman–Crippen MR) is 78.4 cm³/mol. The molecule has 1 aliphatic heterocycles. The van der Waals surface area contributed by atoms with Crippen molar-refractivity contribution in [2.24, 2.45) is 11.8 Å². The first-order valence-corrected chi connectivity index (χ1v) is 7.64. The van der Waals surface area contributed by atoms with Gasteiger partial charge in [-0.05, 0) is 18.6 Å². The number of rotatable bonds is 5. The first-order chi connectivity index (χ1) is 11.6. The highest BCUT2D eigenvalue weighted by Gasteiger charge is 2.54. The smallest absolute Gasteiger partial charge is 0.394 e. The Hall–Kier alpha value is -2.32. The fourth-order valence-electron chi connectivity index (χ4n) is 2.77. The van der Waals surface area contributed by atoms with Gasteiger partial charge in [0.05, 0.1) is 11.8 Å². The van der Waals surface area contributed by atoms with Crippen molar-refractivity contribution in [2.75, 3.05) is 13.1 Å². The summed E-state index contributed by atoms with van der Waals surface area (Å²) < 4.78 is 58.0. The Balaban J connectivity index is 2.15. The van der Waals surface area contributed by atoms with Gasteiger partial charge in [-0.1, -0.05) is 19.1 Å². The van der Waals surface area contributed by atoms with Gasteiger partial charge in [0.15, 0.2) is 17.7 Å². The summed E-state index contributed by atoms with van der Waals surface area (Å²) in [4.78, 5) is 24.4. The number of carboxylic acid groups (broad SMARTS) is 1. The van der Waals surface area contributed by atoms with Crippen molar-refractivity contribution < 1.29 is 37.0 Å². The standard InChI is InChI=1S/C16H17F4NO4/c1-2-12(25-13-6-4-3-5-11(13)17)14(22)21-7-9(15(23)24)10(8-21)16(18,19)20/h3-6,9-10,12H,2,7-8H2,1H3,(H,23,24)/t9-,10-,12?/m1/s1. The van der Waals surface area contributed by atoms with Gasteiger partial charge in [0.2, 0.25) is 0 Å². The molecule has 0 bridgehead atoms. The van der Waals surface area contributed by atoms with Crippen LogP contribution in [0.4, 0.5) is 17.6 Å². The monoisotopic (exact) mass is 363 g/mol. The lowest BCUT2D eigenvalue weighted by molar-refractivity contribution is -0.188. The Morgan fingerprint density at radius 2 is 1.96 bits per heavy atom. The molecule has 0 saturated carbocycles. The average Bonchev–Trinajstić information content (AvgIpc) is 2.99. The van der Waals surface area contributed by atoms with Gasteiger partial charge in [0.25, 0.3) is 5.91 Å². The van der Waals surface area contributed by atoms with E-state index in [1.807, 2.05) is 0 Å². The number of benzene rings is 1. The van der Waals surface area contributed by atoms with E-state index in [0.29, 0.717) is 0 Å². The molecule has 25 heavy (non-hydrogen) atoms. The molecule has 1 saturated heterocycles. The molecular formula is C16H17F4NO4. The summed E-state index contributed by atoms with van der Waals surface area (Å²) in [5.41, 5.74) is 0. The minimum Gasteiger partial charge on any atom is -0.481 e. The third-order valence-electron chi connectivity index (χ3n) is 4.12. The Bertz CT molecular complexity index is 649. The lowest BCUT2D eigenvalue weighted by Gasteiger charge is -2.24. The van der Waals surface area contributed by atoms with Crippen LogP contribution in [0.1, 0.15) is 13.3 Å². The number of hydrogen-bond acceptors (Lipinski definition) is 3. The van der Waals surface area contributed by atoms with E-state index in [1.165, 1.54) is 18.2 Å². The van der Waals surface area contributed by atoms with Crippen molar-refractivity contribution in [1.29, 1.82) is 0 Å². The molecule has 1 fully saturated rings. The van der Waals surface area contributed by atoms with E-state index in [1.54, 1.807) is 6.92 Å². The summed E-state index contributed by atoms with van der Waals surface area (Å²) in [5, 5.41) is 9.00. The molecule has 1 aromatic rings. The summed E-state index contributed by atoms with van der Waals surface area (Å²) in [6, 6.07) is 5.35. The third kappa shape index (κ3) is 4.21. The topological polar surface area (TPSA) is 66.8 Å². The first-order valence-electron chi connectivity index (χ1n) is 7.64. The molecule has 138 valence electrons. The van der Waals surface area contributed by atoms with Crippen molar-refractivity contribution in [3.63, 3.8) is 0 Å². The Labute approximate surface area is 141 Å². The van der Waals surface area contributed by atoms with E-state index in [4.69, 9.17) is 9.84 Å². The molecule has 2 rings (SSSR count). The van der Waals surface area contributed by atoms with Gasteiger partial charge in [-0.25, -0.2) is 4.39 Å². The number of aliphatic carboxylic acids is 1. The van der Waals surface area contributed by atoms with Crippen LogP contribution < -0.4 is 4.74 Å². The first kappa shape index (κ1) is 19.0. The Morgan fingerprint density at radius 1 is 1.32 bits per heavy atom. The van der Waals surface area contributed by atoms with Crippen molar-refractivity contribution in [3.8, 4) is 5.75 Å². The second-order valence-electron chi connectivity index (χ2n) is 5.78. The number of nitrogens with zero attached hydrogens (tertiary/aromatic N) is 1. The minimum atomic E-state index is -4.73. The summed E-state index contributed by atoms with van der Waals surface area (Å²) in [6.07, 6.45) is -5.83.